The van der Waals surface area contributed by atoms with Gasteiger partial charge in [0.25, 0.3) is 0 Å². The van der Waals surface area contributed by atoms with E-state index in [4.69, 9.17) is 0 Å². The molecule has 1 saturated heterocycles. The van der Waals surface area contributed by atoms with Crippen molar-refractivity contribution in [3.05, 3.63) is 34.1 Å². The third-order valence-corrected chi connectivity index (χ3v) is 4.61. The van der Waals surface area contributed by atoms with Crippen LogP contribution in [0.4, 0.5) is 4.39 Å². The summed E-state index contributed by atoms with van der Waals surface area (Å²) in [6, 6.07) is 5.29. The predicted octanol–water partition coefficient (Wildman–Crippen LogP) is 3.58. The zero-order valence-electron chi connectivity index (χ0n) is 11.6. The second-order valence-electron chi connectivity index (χ2n) is 5.34. The van der Waals surface area contributed by atoms with Gasteiger partial charge in [0, 0.05) is 10.5 Å². The van der Waals surface area contributed by atoms with Crippen LogP contribution in [-0.4, -0.2) is 31.6 Å². The lowest BCUT2D eigenvalue weighted by molar-refractivity contribution is 0.270. The fraction of sp³-hybridized carbons (Fsp3) is 0.600. The molecule has 1 heterocycles. The third-order valence-electron chi connectivity index (χ3n) is 3.88. The summed E-state index contributed by atoms with van der Waals surface area (Å²) in [5.41, 5.74) is 1.07. The standard InChI is InChI=1S/C15H22BrFN2/c1-3-7-18-10-11-6-8-19(2)15(11)13-9-12(17)4-5-14(13)16/h4-5,9,11,15,18H,3,6-8,10H2,1-2H3. The van der Waals surface area contributed by atoms with E-state index < -0.39 is 0 Å². The van der Waals surface area contributed by atoms with Gasteiger partial charge in [0.15, 0.2) is 0 Å². The molecule has 0 aliphatic carbocycles. The molecule has 0 aromatic heterocycles. The summed E-state index contributed by atoms with van der Waals surface area (Å²) < 4.78 is 14.5. The first-order chi connectivity index (χ1) is 9.13. The van der Waals surface area contributed by atoms with E-state index >= 15 is 0 Å². The minimum absolute atomic E-state index is 0.154. The average molecular weight is 329 g/mol. The van der Waals surface area contributed by atoms with E-state index in [1.54, 1.807) is 6.07 Å². The number of nitrogens with zero attached hydrogens (tertiary/aromatic N) is 1. The largest absolute Gasteiger partial charge is 0.316 e. The Hall–Kier alpha value is -0.450. The molecule has 0 bridgehead atoms. The highest BCUT2D eigenvalue weighted by atomic mass is 79.9. The second-order valence-corrected chi connectivity index (χ2v) is 6.20. The van der Waals surface area contributed by atoms with Crippen LogP contribution in [0.25, 0.3) is 0 Å². The molecule has 0 saturated carbocycles. The molecule has 2 atom stereocenters. The van der Waals surface area contributed by atoms with Gasteiger partial charge >= 0.3 is 0 Å². The molecule has 0 amide bonds. The van der Waals surface area contributed by atoms with E-state index in [1.807, 2.05) is 6.07 Å². The van der Waals surface area contributed by atoms with Crippen molar-refractivity contribution in [1.29, 1.82) is 0 Å². The SMILES string of the molecule is CCCNCC1CCN(C)C1c1cc(F)ccc1Br. The van der Waals surface area contributed by atoms with Crippen molar-refractivity contribution < 1.29 is 4.39 Å². The maximum Gasteiger partial charge on any atom is 0.123 e. The number of benzene rings is 1. The Labute approximate surface area is 123 Å². The maximum absolute atomic E-state index is 13.5. The highest BCUT2D eigenvalue weighted by Gasteiger charge is 2.33. The van der Waals surface area contributed by atoms with Gasteiger partial charge in [-0.25, -0.2) is 4.39 Å². The summed E-state index contributed by atoms with van der Waals surface area (Å²) >= 11 is 3.56. The van der Waals surface area contributed by atoms with Crippen molar-refractivity contribution in [1.82, 2.24) is 10.2 Å². The number of likely N-dealkylation sites (tertiary alicyclic amines) is 1. The van der Waals surface area contributed by atoms with E-state index in [0.717, 1.165) is 36.1 Å². The Kier molecular flexibility index (Phi) is 5.37. The lowest BCUT2D eigenvalue weighted by Gasteiger charge is -2.27. The average Bonchev–Trinajstić information content (AvgIpc) is 2.74. The molecular formula is C15H22BrFN2. The predicted molar refractivity (Wildman–Crippen MR) is 80.7 cm³/mol. The van der Waals surface area contributed by atoms with Gasteiger partial charge in [0.1, 0.15) is 5.82 Å². The first-order valence-electron chi connectivity index (χ1n) is 6.99. The molecule has 1 aromatic carbocycles. The van der Waals surface area contributed by atoms with Crippen LogP contribution in [0, 0.1) is 11.7 Å². The molecule has 1 N–H and O–H groups in total. The van der Waals surface area contributed by atoms with Crippen LogP contribution in [0.2, 0.25) is 0 Å². The van der Waals surface area contributed by atoms with E-state index in [0.29, 0.717) is 12.0 Å². The van der Waals surface area contributed by atoms with Gasteiger partial charge < -0.3 is 5.32 Å². The Morgan fingerprint density at radius 1 is 1.47 bits per heavy atom. The molecule has 1 aliphatic rings. The van der Waals surface area contributed by atoms with E-state index in [1.165, 1.54) is 12.5 Å². The molecule has 0 radical (unpaired) electrons. The van der Waals surface area contributed by atoms with Crippen LogP contribution >= 0.6 is 15.9 Å². The monoisotopic (exact) mass is 328 g/mol. The van der Waals surface area contributed by atoms with Gasteiger partial charge in [-0.05, 0) is 69.2 Å². The molecule has 0 spiro atoms. The fourth-order valence-corrected chi connectivity index (χ4v) is 3.42. The molecular weight excluding hydrogens is 307 g/mol. The zero-order chi connectivity index (χ0) is 13.8. The Bertz CT molecular complexity index is 425. The van der Waals surface area contributed by atoms with Crippen LogP contribution in [0.3, 0.4) is 0 Å². The molecule has 1 aromatic rings. The smallest absolute Gasteiger partial charge is 0.123 e. The normalized spacial score (nSPS) is 24.0. The summed E-state index contributed by atoms with van der Waals surface area (Å²) in [4.78, 5) is 2.33. The van der Waals surface area contributed by atoms with Gasteiger partial charge in [-0.15, -0.1) is 0 Å². The minimum Gasteiger partial charge on any atom is -0.316 e. The van der Waals surface area contributed by atoms with Gasteiger partial charge in [0.05, 0.1) is 0 Å². The Morgan fingerprint density at radius 2 is 2.26 bits per heavy atom. The third kappa shape index (κ3) is 3.56. The fourth-order valence-electron chi connectivity index (χ4n) is 2.94. The van der Waals surface area contributed by atoms with Gasteiger partial charge in [-0.3, -0.25) is 4.90 Å². The summed E-state index contributed by atoms with van der Waals surface area (Å²) in [6.07, 6.45) is 2.32. The van der Waals surface area contributed by atoms with Crippen molar-refractivity contribution in [3.63, 3.8) is 0 Å². The van der Waals surface area contributed by atoms with Crippen molar-refractivity contribution in [2.45, 2.75) is 25.8 Å². The highest BCUT2D eigenvalue weighted by Crippen LogP contribution is 2.39. The molecule has 1 fully saturated rings. The van der Waals surface area contributed by atoms with E-state index in [9.17, 15) is 4.39 Å². The zero-order valence-corrected chi connectivity index (χ0v) is 13.2. The quantitative estimate of drug-likeness (QED) is 0.831. The topological polar surface area (TPSA) is 15.3 Å². The molecule has 19 heavy (non-hydrogen) atoms. The number of halogens is 2. The summed E-state index contributed by atoms with van der Waals surface area (Å²) in [7, 11) is 2.13. The van der Waals surface area contributed by atoms with E-state index in [2.05, 4.69) is 40.1 Å². The number of rotatable bonds is 5. The molecule has 2 unspecified atom stereocenters. The number of hydrogen-bond donors (Lipinski definition) is 1. The highest BCUT2D eigenvalue weighted by molar-refractivity contribution is 9.10. The summed E-state index contributed by atoms with van der Waals surface area (Å²) in [5, 5.41) is 3.50. The van der Waals surface area contributed by atoms with Crippen LogP contribution in [0.1, 0.15) is 31.4 Å². The summed E-state index contributed by atoms with van der Waals surface area (Å²) in [5.74, 6) is 0.397. The van der Waals surface area contributed by atoms with Crippen LogP contribution in [0.15, 0.2) is 22.7 Å². The van der Waals surface area contributed by atoms with Crippen molar-refractivity contribution in [2.24, 2.45) is 5.92 Å². The van der Waals surface area contributed by atoms with Gasteiger partial charge in [-0.1, -0.05) is 22.9 Å². The number of hydrogen-bond acceptors (Lipinski definition) is 2. The van der Waals surface area contributed by atoms with Crippen LogP contribution in [-0.2, 0) is 0 Å². The molecule has 2 nitrogen and oxygen atoms in total. The Morgan fingerprint density at radius 3 is 3.00 bits per heavy atom. The van der Waals surface area contributed by atoms with Crippen LogP contribution < -0.4 is 5.32 Å². The van der Waals surface area contributed by atoms with Gasteiger partial charge in [0.2, 0.25) is 0 Å². The van der Waals surface area contributed by atoms with Crippen molar-refractivity contribution >= 4 is 15.9 Å². The second kappa shape index (κ2) is 6.82. The first-order valence-corrected chi connectivity index (χ1v) is 7.78. The molecule has 4 heteroatoms. The lowest BCUT2D eigenvalue weighted by Crippen LogP contribution is -2.29. The molecule has 2 rings (SSSR count). The molecule has 106 valence electrons. The minimum atomic E-state index is -0.154. The lowest BCUT2D eigenvalue weighted by atomic mass is 9.93. The van der Waals surface area contributed by atoms with Gasteiger partial charge in [-0.2, -0.15) is 0 Å². The van der Waals surface area contributed by atoms with Crippen molar-refractivity contribution in [2.75, 3.05) is 26.7 Å². The van der Waals surface area contributed by atoms with Crippen molar-refractivity contribution in [3.8, 4) is 0 Å². The molecule has 1 aliphatic heterocycles. The Balaban J connectivity index is 2.16. The van der Waals surface area contributed by atoms with Crippen LogP contribution in [0.5, 0.6) is 0 Å². The maximum atomic E-state index is 13.5. The summed E-state index contributed by atoms with van der Waals surface area (Å²) in [6.45, 7) is 5.31. The number of nitrogens with one attached hydrogen (secondary N) is 1. The van der Waals surface area contributed by atoms with E-state index in [-0.39, 0.29) is 5.82 Å². The first kappa shape index (κ1) is 14.9.